The van der Waals surface area contributed by atoms with Gasteiger partial charge in [0, 0.05) is 13.1 Å². The minimum atomic E-state index is 0.171. The molecule has 2 spiro atoms. The first-order chi connectivity index (χ1) is 8.93. The van der Waals surface area contributed by atoms with Gasteiger partial charge in [0.1, 0.15) is 0 Å². The summed E-state index contributed by atoms with van der Waals surface area (Å²) in [5.74, 6) is 0.878. The minimum Gasteiger partial charge on any atom is -0.366 e. The van der Waals surface area contributed by atoms with Crippen LogP contribution in [0.15, 0.2) is 0 Å². The van der Waals surface area contributed by atoms with Crippen molar-refractivity contribution in [2.45, 2.75) is 83.3 Å². The van der Waals surface area contributed by atoms with Gasteiger partial charge in [0.05, 0.1) is 11.2 Å². The lowest BCUT2D eigenvalue weighted by atomic mass is 9.68. The van der Waals surface area contributed by atoms with E-state index in [1.54, 1.807) is 0 Å². The highest BCUT2D eigenvalue weighted by molar-refractivity contribution is 5.01. The molecule has 1 aliphatic heterocycles. The van der Waals surface area contributed by atoms with E-state index in [1.165, 1.54) is 51.4 Å². The van der Waals surface area contributed by atoms with Crippen LogP contribution >= 0.6 is 0 Å². The van der Waals surface area contributed by atoms with E-state index in [-0.39, 0.29) is 11.2 Å². The van der Waals surface area contributed by atoms with Gasteiger partial charge in [-0.3, -0.25) is 0 Å². The number of morpholine rings is 1. The quantitative estimate of drug-likeness (QED) is 0.717. The van der Waals surface area contributed by atoms with E-state index in [0.29, 0.717) is 5.41 Å². The Morgan fingerprint density at radius 3 is 1.95 bits per heavy atom. The van der Waals surface area contributed by atoms with Crippen molar-refractivity contribution in [2.75, 3.05) is 13.1 Å². The van der Waals surface area contributed by atoms with Crippen LogP contribution in [0.5, 0.6) is 0 Å². The summed E-state index contributed by atoms with van der Waals surface area (Å²) in [6.45, 7) is 9.37. The molecule has 3 fully saturated rings. The van der Waals surface area contributed by atoms with Crippen molar-refractivity contribution in [3.63, 3.8) is 0 Å². The average molecular weight is 265 g/mol. The third-order valence-electron chi connectivity index (χ3n) is 5.96. The van der Waals surface area contributed by atoms with Gasteiger partial charge in [0.25, 0.3) is 0 Å². The molecule has 3 aliphatic rings. The summed E-state index contributed by atoms with van der Waals surface area (Å²) < 4.78 is 6.76. The molecule has 2 saturated carbocycles. The van der Waals surface area contributed by atoms with Crippen molar-refractivity contribution in [1.82, 2.24) is 5.32 Å². The van der Waals surface area contributed by atoms with Crippen molar-refractivity contribution in [3.05, 3.63) is 0 Å². The summed E-state index contributed by atoms with van der Waals surface area (Å²) in [6.07, 6.45) is 10.5. The Bertz CT molecular complexity index is 317. The van der Waals surface area contributed by atoms with Gasteiger partial charge in [-0.2, -0.15) is 0 Å². The molecule has 3 rings (SSSR count). The first-order valence-electron chi connectivity index (χ1n) is 8.34. The van der Waals surface area contributed by atoms with Crippen molar-refractivity contribution >= 4 is 0 Å². The molecule has 0 radical (unpaired) electrons. The monoisotopic (exact) mass is 265 g/mol. The SMILES string of the molecule is CC(C)(C)C1CCC2(CC1)CNCC1(CCCC1)O2. The summed E-state index contributed by atoms with van der Waals surface area (Å²) in [5.41, 5.74) is 0.839. The van der Waals surface area contributed by atoms with Crippen LogP contribution < -0.4 is 5.32 Å². The molecule has 0 aromatic carbocycles. The summed E-state index contributed by atoms with van der Waals surface area (Å²) in [5, 5.41) is 3.71. The highest BCUT2D eigenvalue weighted by atomic mass is 16.5. The van der Waals surface area contributed by atoms with E-state index in [1.807, 2.05) is 0 Å². The second kappa shape index (κ2) is 4.73. The molecule has 1 saturated heterocycles. The molecular formula is C17H31NO. The largest absolute Gasteiger partial charge is 0.366 e. The molecule has 19 heavy (non-hydrogen) atoms. The Morgan fingerprint density at radius 2 is 1.42 bits per heavy atom. The Labute approximate surface area is 118 Å². The highest BCUT2D eigenvalue weighted by Gasteiger charge is 2.49. The van der Waals surface area contributed by atoms with Gasteiger partial charge in [-0.1, -0.05) is 33.6 Å². The van der Waals surface area contributed by atoms with Crippen LogP contribution in [-0.2, 0) is 4.74 Å². The molecule has 0 bridgehead atoms. The fourth-order valence-corrected chi connectivity index (χ4v) is 4.64. The van der Waals surface area contributed by atoms with Gasteiger partial charge >= 0.3 is 0 Å². The molecule has 1 N–H and O–H groups in total. The molecule has 2 aliphatic carbocycles. The molecule has 0 amide bonds. The lowest BCUT2D eigenvalue weighted by molar-refractivity contribution is -0.194. The van der Waals surface area contributed by atoms with Gasteiger partial charge in [-0.15, -0.1) is 0 Å². The topological polar surface area (TPSA) is 21.3 Å². The standard InChI is InChI=1S/C17H31NO/c1-15(2,3)14-6-10-17(11-7-14)13-18-12-16(19-17)8-4-5-9-16/h14,18H,4-13H2,1-3H3. The number of hydrogen-bond donors (Lipinski definition) is 1. The first kappa shape index (κ1) is 13.9. The van der Waals surface area contributed by atoms with Crippen molar-refractivity contribution in [3.8, 4) is 0 Å². The van der Waals surface area contributed by atoms with Crippen molar-refractivity contribution < 1.29 is 4.74 Å². The second-order valence-electron chi connectivity index (χ2n) is 8.42. The van der Waals surface area contributed by atoms with E-state index in [2.05, 4.69) is 26.1 Å². The van der Waals surface area contributed by atoms with Gasteiger partial charge in [-0.05, 0) is 49.9 Å². The fraction of sp³-hybridized carbons (Fsp3) is 1.00. The minimum absolute atomic E-state index is 0.171. The van der Waals surface area contributed by atoms with Crippen LogP contribution in [0.2, 0.25) is 0 Å². The Kier molecular flexibility index (Phi) is 3.46. The molecule has 0 atom stereocenters. The smallest absolute Gasteiger partial charge is 0.0814 e. The van der Waals surface area contributed by atoms with Crippen LogP contribution in [0.3, 0.4) is 0 Å². The Hall–Kier alpha value is -0.0800. The number of ether oxygens (including phenoxy) is 1. The normalized spacial score (nSPS) is 39.0. The van der Waals surface area contributed by atoms with Crippen LogP contribution in [0.1, 0.15) is 72.1 Å². The maximum Gasteiger partial charge on any atom is 0.0814 e. The Morgan fingerprint density at radius 1 is 0.895 bits per heavy atom. The van der Waals surface area contributed by atoms with E-state index in [9.17, 15) is 0 Å². The van der Waals surface area contributed by atoms with Crippen molar-refractivity contribution in [1.29, 1.82) is 0 Å². The lowest BCUT2D eigenvalue weighted by Crippen LogP contribution is -2.60. The molecule has 0 aromatic rings. The predicted octanol–water partition coefficient (Wildman–Crippen LogP) is 3.89. The summed E-state index contributed by atoms with van der Waals surface area (Å²) in [6, 6.07) is 0. The lowest BCUT2D eigenvalue weighted by Gasteiger charge is -2.51. The maximum absolute atomic E-state index is 6.76. The number of nitrogens with one attached hydrogen (secondary N) is 1. The van der Waals surface area contributed by atoms with E-state index >= 15 is 0 Å². The van der Waals surface area contributed by atoms with Gasteiger partial charge in [-0.25, -0.2) is 0 Å². The zero-order chi connectivity index (χ0) is 13.6. The summed E-state index contributed by atoms with van der Waals surface area (Å²) >= 11 is 0. The molecule has 1 heterocycles. The molecule has 2 nitrogen and oxygen atoms in total. The third-order valence-corrected chi connectivity index (χ3v) is 5.96. The van der Waals surface area contributed by atoms with Gasteiger partial charge < -0.3 is 10.1 Å². The van der Waals surface area contributed by atoms with Gasteiger partial charge in [0.15, 0.2) is 0 Å². The zero-order valence-electron chi connectivity index (χ0n) is 13.1. The van der Waals surface area contributed by atoms with Crippen LogP contribution in [0.4, 0.5) is 0 Å². The number of hydrogen-bond acceptors (Lipinski definition) is 2. The maximum atomic E-state index is 6.76. The van der Waals surface area contributed by atoms with Gasteiger partial charge in [0.2, 0.25) is 0 Å². The predicted molar refractivity (Wildman–Crippen MR) is 79.3 cm³/mol. The average Bonchev–Trinajstić information content (AvgIpc) is 2.76. The van der Waals surface area contributed by atoms with Crippen molar-refractivity contribution in [2.24, 2.45) is 11.3 Å². The molecule has 110 valence electrons. The third kappa shape index (κ3) is 2.71. The van der Waals surface area contributed by atoms with E-state index in [0.717, 1.165) is 19.0 Å². The van der Waals surface area contributed by atoms with Crippen LogP contribution in [0, 0.1) is 11.3 Å². The summed E-state index contributed by atoms with van der Waals surface area (Å²) in [7, 11) is 0. The van der Waals surface area contributed by atoms with E-state index < -0.39 is 0 Å². The molecule has 2 heteroatoms. The summed E-state index contributed by atoms with van der Waals surface area (Å²) in [4.78, 5) is 0. The van der Waals surface area contributed by atoms with E-state index in [4.69, 9.17) is 4.74 Å². The zero-order valence-corrected chi connectivity index (χ0v) is 13.1. The molecule has 0 aromatic heterocycles. The Balaban J connectivity index is 1.65. The molecular weight excluding hydrogens is 234 g/mol. The fourth-order valence-electron chi connectivity index (χ4n) is 4.64. The molecule has 0 unspecified atom stereocenters. The highest BCUT2D eigenvalue weighted by Crippen LogP contribution is 2.47. The second-order valence-corrected chi connectivity index (χ2v) is 8.42. The van der Waals surface area contributed by atoms with Crippen LogP contribution in [-0.4, -0.2) is 24.3 Å². The number of rotatable bonds is 0. The first-order valence-corrected chi connectivity index (χ1v) is 8.34. The van der Waals surface area contributed by atoms with Crippen LogP contribution in [0.25, 0.3) is 0 Å².